The van der Waals surface area contributed by atoms with Gasteiger partial charge in [0, 0.05) is 0 Å². The molecule has 1 rings (SSSR count). The lowest BCUT2D eigenvalue weighted by Gasteiger charge is -2.29. The fourth-order valence-electron chi connectivity index (χ4n) is 2.00. The number of hydrogen-bond donors (Lipinski definition) is 1. The molecular formula is C16H20O3. The van der Waals surface area contributed by atoms with E-state index in [0.29, 0.717) is 12.2 Å². The minimum atomic E-state index is -0.782. The molecule has 102 valence electrons. The maximum Gasteiger partial charge on any atom is 0.309 e. The first-order valence-electron chi connectivity index (χ1n) is 6.19. The standard InChI is InChI=1S/C16H20O3/c1-15(2,12-16(3,4)14(17)18)10-6-5-8-13-9-7-11-19-13/h6-7,9-11H,12H2,1-4H3,(H,17,18)/b10-6-. The van der Waals surface area contributed by atoms with Crippen LogP contribution in [0.15, 0.2) is 35.0 Å². The zero-order valence-electron chi connectivity index (χ0n) is 11.9. The third-order valence-electron chi connectivity index (χ3n) is 2.81. The van der Waals surface area contributed by atoms with Crippen molar-refractivity contribution in [3.05, 3.63) is 36.3 Å². The lowest BCUT2D eigenvalue weighted by Crippen LogP contribution is -2.29. The molecule has 1 N–H and O–H groups in total. The van der Waals surface area contributed by atoms with E-state index in [1.807, 2.05) is 19.9 Å². The van der Waals surface area contributed by atoms with Gasteiger partial charge in [-0.1, -0.05) is 25.8 Å². The summed E-state index contributed by atoms with van der Waals surface area (Å²) in [5.74, 6) is 5.59. The summed E-state index contributed by atoms with van der Waals surface area (Å²) in [6.45, 7) is 7.48. The third kappa shape index (κ3) is 5.05. The highest BCUT2D eigenvalue weighted by Gasteiger charge is 2.33. The number of carbonyl (C=O) groups is 1. The van der Waals surface area contributed by atoms with Gasteiger partial charge in [0.2, 0.25) is 0 Å². The molecule has 19 heavy (non-hydrogen) atoms. The molecule has 0 radical (unpaired) electrons. The predicted molar refractivity (Wildman–Crippen MR) is 74.5 cm³/mol. The van der Waals surface area contributed by atoms with Gasteiger partial charge in [0.15, 0.2) is 5.76 Å². The summed E-state index contributed by atoms with van der Waals surface area (Å²) in [5.41, 5.74) is -0.970. The summed E-state index contributed by atoms with van der Waals surface area (Å²) in [4.78, 5) is 11.1. The Balaban J connectivity index is 2.66. The highest BCUT2D eigenvalue weighted by Crippen LogP contribution is 2.34. The van der Waals surface area contributed by atoms with E-state index in [1.165, 1.54) is 0 Å². The first-order chi connectivity index (χ1) is 8.73. The van der Waals surface area contributed by atoms with Crippen LogP contribution in [0.25, 0.3) is 0 Å². The lowest BCUT2D eigenvalue weighted by atomic mass is 9.75. The molecule has 0 unspecified atom stereocenters. The zero-order chi connectivity index (χ0) is 14.5. The number of rotatable bonds is 4. The van der Waals surface area contributed by atoms with Gasteiger partial charge >= 0.3 is 5.97 Å². The highest BCUT2D eigenvalue weighted by molar-refractivity contribution is 5.73. The van der Waals surface area contributed by atoms with E-state index in [2.05, 4.69) is 11.8 Å². The van der Waals surface area contributed by atoms with Gasteiger partial charge in [0.05, 0.1) is 11.7 Å². The number of carboxylic acid groups (broad SMARTS) is 1. The Morgan fingerprint density at radius 2 is 2.11 bits per heavy atom. The van der Waals surface area contributed by atoms with Crippen LogP contribution in [-0.4, -0.2) is 11.1 Å². The molecule has 1 aromatic rings. The van der Waals surface area contributed by atoms with Crippen molar-refractivity contribution in [1.82, 2.24) is 0 Å². The second-order valence-corrected chi connectivity index (χ2v) is 5.93. The summed E-state index contributed by atoms with van der Waals surface area (Å²) in [6.07, 6.45) is 5.81. The smallest absolute Gasteiger partial charge is 0.309 e. The van der Waals surface area contributed by atoms with Crippen molar-refractivity contribution >= 4 is 5.97 Å². The Morgan fingerprint density at radius 1 is 1.42 bits per heavy atom. The summed E-state index contributed by atoms with van der Waals surface area (Å²) in [5, 5.41) is 9.14. The number of allylic oxidation sites excluding steroid dienone is 2. The minimum Gasteiger partial charge on any atom is -0.481 e. The topological polar surface area (TPSA) is 50.4 Å². The van der Waals surface area contributed by atoms with Crippen molar-refractivity contribution in [3.8, 4) is 11.8 Å². The second-order valence-electron chi connectivity index (χ2n) is 5.93. The van der Waals surface area contributed by atoms with Gasteiger partial charge in [-0.2, -0.15) is 0 Å². The Kier molecular flexibility index (Phi) is 4.61. The van der Waals surface area contributed by atoms with E-state index >= 15 is 0 Å². The van der Waals surface area contributed by atoms with Crippen LogP contribution >= 0.6 is 0 Å². The molecule has 0 spiro atoms. The van der Waals surface area contributed by atoms with Crippen LogP contribution < -0.4 is 0 Å². The molecular weight excluding hydrogens is 240 g/mol. The molecule has 0 bridgehead atoms. The van der Waals surface area contributed by atoms with Crippen molar-refractivity contribution in [2.45, 2.75) is 34.1 Å². The highest BCUT2D eigenvalue weighted by atomic mass is 16.4. The Morgan fingerprint density at radius 3 is 2.63 bits per heavy atom. The summed E-state index contributed by atoms with van der Waals surface area (Å²) >= 11 is 0. The number of furan rings is 1. The zero-order valence-corrected chi connectivity index (χ0v) is 11.9. The van der Waals surface area contributed by atoms with Crippen LogP contribution in [0.4, 0.5) is 0 Å². The maximum absolute atomic E-state index is 11.1. The van der Waals surface area contributed by atoms with E-state index in [1.54, 1.807) is 38.3 Å². The van der Waals surface area contributed by atoms with Gasteiger partial charge in [0.1, 0.15) is 0 Å². The lowest BCUT2D eigenvalue weighted by molar-refractivity contribution is -0.148. The summed E-state index contributed by atoms with van der Waals surface area (Å²) < 4.78 is 5.09. The van der Waals surface area contributed by atoms with Gasteiger partial charge in [-0.05, 0) is 49.8 Å². The average Bonchev–Trinajstić information content (AvgIpc) is 2.75. The fraction of sp³-hybridized carbons (Fsp3) is 0.438. The largest absolute Gasteiger partial charge is 0.481 e. The SMILES string of the molecule is CC(C)(/C=C\C#Cc1ccco1)CC(C)(C)C(=O)O. The van der Waals surface area contributed by atoms with E-state index < -0.39 is 11.4 Å². The quantitative estimate of drug-likeness (QED) is 0.839. The second kappa shape index (κ2) is 5.79. The predicted octanol–water partition coefficient (Wildman–Crippen LogP) is 3.71. The first-order valence-corrected chi connectivity index (χ1v) is 6.19. The van der Waals surface area contributed by atoms with Gasteiger partial charge in [-0.25, -0.2) is 0 Å². The normalized spacial score (nSPS) is 12.2. The molecule has 3 heteroatoms. The van der Waals surface area contributed by atoms with Crippen LogP contribution in [-0.2, 0) is 4.79 Å². The van der Waals surface area contributed by atoms with Crippen molar-refractivity contribution in [2.75, 3.05) is 0 Å². The van der Waals surface area contributed by atoms with Crippen molar-refractivity contribution < 1.29 is 14.3 Å². The van der Waals surface area contributed by atoms with Crippen molar-refractivity contribution in [2.24, 2.45) is 10.8 Å². The molecule has 1 aromatic heterocycles. The summed E-state index contributed by atoms with van der Waals surface area (Å²) in [7, 11) is 0. The first kappa shape index (κ1) is 15.1. The molecule has 0 saturated carbocycles. The molecule has 3 nitrogen and oxygen atoms in total. The fourth-order valence-corrected chi connectivity index (χ4v) is 2.00. The molecule has 0 aliphatic heterocycles. The monoisotopic (exact) mass is 260 g/mol. The molecule has 0 aliphatic carbocycles. The molecule has 1 heterocycles. The average molecular weight is 260 g/mol. The van der Waals surface area contributed by atoms with E-state index in [9.17, 15) is 4.79 Å². The van der Waals surface area contributed by atoms with E-state index in [4.69, 9.17) is 9.52 Å². The number of carboxylic acids is 1. The van der Waals surface area contributed by atoms with E-state index in [0.717, 1.165) is 0 Å². The molecule has 0 fully saturated rings. The van der Waals surface area contributed by atoms with Crippen molar-refractivity contribution in [1.29, 1.82) is 0 Å². The minimum absolute atomic E-state index is 0.222. The summed E-state index contributed by atoms with van der Waals surface area (Å²) in [6, 6.07) is 3.58. The van der Waals surface area contributed by atoms with Crippen LogP contribution in [0.1, 0.15) is 39.9 Å². The molecule has 0 aliphatic rings. The third-order valence-corrected chi connectivity index (χ3v) is 2.81. The van der Waals surface area contributed by atoms with Crippen LogP contribution in [0.3, 0.4) is 0 Å². The molecule has 0 saturated heterocycles. The number of hydrogen-bond acceptors (Lipinski definition) is 2. The Bertz CT molecular complexity index is 508. The van der Waals surface area contributed by atoms with Gasteiger partial charge < -0.3 is 9.52 Å². The van der Waals surface area contributed by atoms with E-state index in [-0.39, 0.29) is 5.41 Å². The van der Waals surface area contributed by atoms with Gasteiger partial charge in [0.25, 0.3) is 0 Å². The Labute approximate surface area is 114 Å². The van der Waals surface area contributed by atoms with Gasteiger partial charge in [-0.15, -0.1) is 0 Å². The molecule has 0 amide bonds. The molecule has 0 aromatic carbocycles. The Hall–Kier alpha value is -1.95. The van der Waals surface area contributed by atoms with Crippen molar-refractivity contribution in [3.63, 3.8) is 0 Å². The van der Waals surface area contributed by atoms with Crippen LogP contribution in [0, 0.1) is 22.7 Å². The van der Waals surface area contributed by atoms with Crippen LogP contribution in [0.5, 0.6) is 0 Å². The maximum atomic E-state index is 11.1. The molecule has 0 atom stereocenters. The van der Waals surface area contributed by atoms with Gasteiger partial charge in [-0.3, -0.25) is 4.79 Å². The van der Waals surface area contributed by atoms with Crippen LogP contribution in [0.2, 0.25) is 0 Å². The number of aliphatic carboxylic acids is 1.